The van der Waals surface area contributed by atoms with Crippen molar-refractivity contribution < 1.29 is 4.79 Å². The van der Waals surface area contributed by atoms with Gasteiger partial charge in [0.05, 0.1) is 0 Å². The van der Waals surface area contributed by atoms with Crippen LogP contribution in [-0.2, 0) is 13.1 Å². The monoisotopic (exact) mass is 286 g/mol. The number of hydrogen-bond donors (Lipinski definition) is 1. The number of pyridine rings is 1. The molecule has 6 heteroatoms. The van der Waals surface area contributed by atoms with Crippen molar-refractivity contribution >= 4 is 5.91 Å². The molecule has 110 valence electrons. The number of rotatable bonds is 5. The number of carbonyl (C=O) groups excluding carboxylic acids is 1. The number of aromatic nitrogens is 3. The van der Waals surface area contributed by atoms with E-state index in [0.717, 1.165) is 5.56 Å². The second-order valence-electron chi connectivity index (χ2n) is 5.18. The average Bonchev–Trinajstić information content (AvgIpc) is 2.47. The molecule has 0 atom stereocenters. The molecule has 2 aromatic rings. The first kappa shape index (κ1) is 14.9. The van der Waals surface area contributed by atoms with Gasteiger partial charge in [0.25, 0.3) is 11.5 Å². The first-order chi connectivity index (χ1) is 10.1. The lowest BCUT2D eigenvalue weighted by atomic mass is 10.2. The summed E-state index contributed by atoms with van der Waals surface area (Å²) in [5, 5.41) is 6.86. The van der Waals surface area contributed by atoms with Gasteiger partial charge in [0.2, 0.25) is 0 Å². The fraction of sp³-hybridized carbons (Fsp3) is 0.333. The van der Waals surface area contributed by atoms with Crippen molar-refractivity contribution in [2.45, 2.75) is 26.9 Å². The van der Waals surface area contributed by atoms with Crippen LogP contribution in [0.1, 0.15) is 29.9 Å². The van der Waals surface area contributed by atoms with Crippen molar-refractivity contribution in [3.63, 3.8) is 0 Å². The maximum atomic E-state index is 12.1. The van der Waals surface area contributed by atoms with Gasteiger partial charge in [-0.05, 0) is 23.6 Å². The van der Waals surface area contributed by atoms with Crippen LogP contribution in [0.3, 0.4) is 0 Å². The summed E-state index contributed by atoms with van der Waals surface area (Å²) in [4.78, 5) is 27.7. The molecule has 0 aliphatic carbocycles. The molecule has 2 rings (SSSR count). The summed E-state index contributed by atoms with van der Waals surface area (Å²) in [5.41, 5.74) is 0.938. The Morgan fingerprint density at radius 1 is 1.33 bits per heavy atom. The molecule has 1 amide bonds. The third-order valence-corrected chi connectivity index (χ3v) is 2.81. The van der Waals surface area contributed by atoms with Crippen molar-refractivity contribution in [2.75, 3.05) is 0 Å². The molecule has 0 bridgehead atoms. The third kappa shape index (κ3) is 4.24. The Kier molecular flexibility index (Phi) is 4.81. The molecule has 0 aromatic carbocycles. The summed E-state index contributed by atoms with van der Waals surface area (Å²) in [6.45, 7) is 4.84. The second-order valence-corrected chi connectivity index (χ2v) is 5.18. The van der Waals surface area contributed by atoms with Crippen LogP contribution in [0.25, 0.3) is 0 Å². The third-order valence-electron chi connectivity index (χ3n) is 2.81. The molecule has 1 N–H and O–H groups in total. The van der Waals surface area contributed by atoms with Gasteiger partial charge in [0, 0.05) is 31.5 Å². The van der Waals surface area contributed by atoms with Crippen LogP contribution in [0, 0.1) is 5.92 Å². The van der Waals surface area contributed by atoms with Gasteiger partial charge in [-0.3, -0.25) is 14.6 Å². The zero-order valence-corrected chi connectivity index (χ0v) is 12.1. The van der Waals surface area contributed by atoms with Crippen molar-refractivity contribution in [3.8, 4) is 0 Å². The van der Waals surface area contributed by atoms with Gasteiger partial charge in [-0.1, -0.05) is 19.9 Å². The van der Waals surface area contributed by atoms with E-state index in [1.54, 1.807) is 12.4 Å². The van der Waals surface area contributed by atoms with E-state index in [1.807, 2.05) is 26.0 Å². The van der Waals surface area contributed by atoms with E-state index >= 15 is 0 Å². The Hall–Kier alpha value is -2.50. The minimum atomic E-state index is -0.309. The van der Waals surface area contributed by atoms with E-state index < -0.39 is 0 Å². The maximum Gasteiger partial charge on any atom is 0.271 e. The summed E-state index contributed by atoms with van der Waals surface area (Å²) < 4.78 is 1.32. The Bertz CT molecular complexity index is 665. The molecule has 0 aliphatic rings. The van der Waals surface area contributed by atoms with E-state index in [4.69, 9.17) is 0 Å². The lowest BCUT2D eigenvalue weighted by molar-refractivity contribution is 0.0943. The van der Waals surface area contributed by atoms with Gasteiger partial charge in [-0.25, -0.2) is 4.68 Å². The molecule has 2 aromatic heterocycles. The predicted octanol–water partition coefficient (Wildman–Crippen LogP) is 1.22. The fourth-order valence-corrected chi connectivity index (χ4v) is 1.82. The molecule has 0 spiro atoms. The molecule has 0 aliphatic heterocycles. The predicted molar refractivity (Wildman–Crippen MR) is 78.7 cm³/mol. The highest BCUT2D eigenvalue weighted by atomic mass is 16.2. The number of hydrogen-bond acceptors (Lipinski definition) is 4. The van der Waals surface area contributed by atoms with Crippen LogP contribution in [0.15, 0.2) is 41.5 Å². The summed E-state index contributed by atoms with van der Waals surface area (Å²) >= 11 is 0. The summed E-state index contributed by atoms with van der Waals surface area (Å²) in [6, 6.07) is 6.50. The lowest BCUT2D eigenvalue weighted by Gasteiger charge is -2.09. The van der Waals surface area contributed by atoms with Gasteiger partial charge >= 0.3 is 0 Å². The number of carbonyl (C=O) groups is 1. The largest absolute Gasteiger partial charge is 0.347 e. The molecule has 0 saturated heterocycles. The van der Waals surface area contributed by atoms with Crippen molar-refractivity contribution in [1.82, 2.24) is 20.1 Å². The summed E-state index contributed by atoms with van der Waals surface area (Å²) in [5.74, 6) is -0.0275. The summed E-state index contributed by atoms with van der Waals surface area (Å²) in [7, 11) is 0. The van der Waals surface area contributed by atoms with Gasteiger partial charge in [-0.2, -0.15) is 5.10 Å². The normalized spacial score (nSPS) is 10.6. The lowest BCUT2D eigenvalue weighted by Crippen LogP contribution is -2.30. The SMILES string of the molecule is CC(C)Cn1nc(C(=O)NCc2cccnc2)ccc1=O. The van der Waals surface area contributed by atoms with E-state index in [0.29, 0.717) is 13.1 Å². The van der Waals surface area contributed by atoms with Crippen LogP contribution in [-0.4, -0.2) is 20.7 Å². The van der Waals surface area contributed by atoms with Crippen molar-refractivity contribution in [3.05, 3.63) is 58.3 Å². The van der Waals surface area contributed by atoms with Gasteiger partial charge in [0.1, 0.15) is 5.69 Å². The van der Waals surface area contributed by atoms with Crippen LogP contribution in [0.5, 0.6) is 0 Å². The topological polar surface area (TPSA) is 76.9 Å². The van der Waals surface area contributed by atoms with Gasteiger partial charge < -0.3 is 5.32 Å². The van der Waals surface area contributed by atoms with Crippen molar-refractivity contribution in [2.24, 2.45) is 5.92 Å². The van der Waals surface area contributed by atoms with Crippen LogP contribution < -0.4 is 10.9 Å². The first-order valence-electron chi connectivity index (χ1n) is 6.81. The Morgan fingerprint density at radius 3 is 2.81 bits per heavy atom. The van der Waals surface area contributed by atoms with E-state index in [2.05, 4.69) is 15.4 Å². The van der Waals surface area contributed by atoms with Gasteiger partial charge in [-0.15, -0.1) is 0 Å². The van der Waals surface area contributed by atoms with Crippen molar-refractivity contribution in [1.29, 1.82) is 0 Å². The molecule has 21 heavy (non-hydrogen) atoms. The summed E-state index contributed by atoms with van der Waals surface area (Å²) in [6.07, 6.45) is 3.36. The van der Waals surface area contributed by atoms with Gasteiger partial charge in [0.15, 0.2) is 0 Å². The molecule has 6 nitrogen and oxygen atoms in total. The quantitative estimate of drug-likeness (QED) is 0.896. The van der Waals surface area contributed by atoms with Crippen LogP contribution in [0.4, 0.5) is 0 Å². The minimum Gasteiger partial charge on any atom is -0.347 e. The second kappa shape index (κ2) is 6.78. The molecule has 2 heterocycles. The minimum absolute atomic E-state index is 0.201. The Morgan fingerprint density at radius 2 is 2.14 bits per heavy atom. The highest BCUT2D eigenvalue weighted by Crippen LogP contribution is 1.98. The van der Waals surface area contributed by atoms with E-state index in [-0.39, 0.29) is 23.1 Å². The van der Waals surface area contributed by atoms with E-state index in [1.165, 1.54) is 16.8 Å². The molecular weight excluding hydrogens is 268 g/mol. The molecule has 0 saturated carbocycles. The highest BCUT2D eigenvalue weighted by molar-refractivity contribution is 5.91. The first-order valence-corrected chi connectivity index (χ1v) is 6.81. The zero-order valence-electron chi connectivity index (χ0n) is 12.1. The number of nitrogens with one attached hydrogen (secondary N) is 1. The van der Waals surface area contributed by atoms with Crippen LogP contribution >= 0.6 is 0 Å². The number of nitrogens with zero attached hydrogens (tertiary/aromatic N) is 3. The van der Waals surface area contributed by atoms with Crippen LogP contribution in [0.2, 0.25) is 0 Å². The van der Waals surface area contributed by atoms with E-state index in [9.17, 15) is 9.59 Å². The average molecular weight is 286 g/mol. The molecule has 0 radical (unpaired) electrons. The molecule has 0 fully saturated rings. The zero-order chi connectivity index (χ0) is 15.2. The number of amides is 1. The Balaban J connectivity index is 2.07. The smallest absolute Gasteiger partial charge is 0.271 e. The molecular formula is C15H18N4O2. The maximum absolute atomic E-state index is 12.1. The molecule has 0 unspecified atom stereocenters. The highest BCUT2D eigenvalue weighted by Gasteiger charge is 2.10. The standard InChI is InChI=1S/C15H18N4O2/c1-11(2)10-19-14(20)6-5-13(18-19)15(21)17-9-12-4-3-7-16-8-12/h3-8,11H,9-10H2,1-2H3,(H,17,21). The Labute approximate surface area is 122 Å². The fourth-order valence-electron chi connectivity index (χ4n) is 1.82.